The average Bonchev–Trinajstić information content (AvgIpc) is 2.49. The van der Waals surface area contributed by atoms with Crippen LogP contribution in [0.5, 0.6) is 0 Å². The van der Waals surface area contributed by atoms with Crippen molar-refractivity contribution in [2.75, 3.05) is 24.5 Å². The first kappa shape index (κ1) is 17.6. The molecule has 0 aliphatic carbocycles. The minimum absolute atomic E-state index is 0.130. The number of hydrogen-bond donors (Lipinski definition) is 0. The number of aromatic nitrogens is 1. The third-order valence-electron chi connectivity index (χ3n) is 3.51. The molecule has 4 nitrogen and oxygen atoms in total. The third kappa shape index (κ3) is 5.46. The summed E-state index contributed by atoms with van der Waals surface area (Å²) in [7, 11) is 0. The number of carbonyl (C=O) groups excluding carboxylic acids is 1. The summed E-state index contributed by atoms with van der Waals surface area (Å²) in [6.45, 7) is 11.5. The highest BCUT2D eigenvalue weighted by atomic mass is 16.2. The van der Waals surface area contributed by atoms with Crippen LogP contribution in [0, 0.1) is 0 Å². The van der Waals surface area contributed by atoms with Crippen LogP contribution in [-0.2, 0) is 4.79 Å². The van der Waals surface area contributed by atoms with E-state index in [-0.39, 0.29) is 11.9 Å². The molecule has 4 heteroatoms. The molecule has 1 unspecified atom stereocenters. The van der Waals surface area contributed by atoms with Gasteiger partial charge in [-0.3, -0.25) is 9.69 Å². The predicted molar refractivity (Wildman–Crippen MR) is 88.5 cm³/mol. The van der Waals surface area contributed by atoms with Crippen molar-refractivity contribution in [3.05, 3.63) is 24.4 Å². The van der Waals surface area contributed by atoms with Gasteiger partial charge in [-0.1, -0.05) is 26.8 Å². The summed E-state index contributed by atoms with van der Waals surface area (Å²) in [5.74, 6) is 0.888. The average molecular weight is 291 g/mol. The van der Waals surface area contributed by atoms with Crippen molar-refractivity contribution < 1.29 is 4.79 Å². The first-order chi connectivity index (χ1) is 10.1. The molecular formula is C17H29N3O. The van der Waals surface area contributed by atoms with Gasteiger partial charge in [0.25, 0.3) is 0 Å². The van der Waals surface area contributed by atoms with Crippen LogP contribution in [0.1, 0.15) is 47.0 Å². The second kappa shape index (κ2) is 9.50. The Hall–Kier alpha value is -1.42. The van der Waals surface area contributed by atoms with E-state index in [1.807, 2.05) is 30.0 Å². The van der Waals surface area contributed by atoms with Crippen LogP contribution in [0.2, 0.25) is 0 Å². The monoisotopic (exact) mass is 291 g/mol. The van der Waals surface area contributed by atoms with Gasteiger partial charge in [-0.2, -0.15) is 0 Å². The maximum atomic E-state index is 12.3. The van der Waals surface area contributed by atoms with Gasteiger partial charge >= 0.3 is 0 Å². The van der Waals surface area contributed by atoms with Gasteiger partial charge in [0, 0.05) is 25.2 Å². The van der Waals surface area contributed by atoms with Crippen LogP contribution >= 0.6 is 0 Å². The zero-order valence-corrected chi connectivity index (χ0v) is 13.9. The van der Waals surface area contributed by atoms with Gasteiger partial charge in [-0.15, -0.1) is 0 Å². The summed E-state index contributed by atoms with van der Waals surface area (Å²) in [5, 5.41) is 0. The Morgan fingerprint density at radius 3 is 2.33 bits per heavy atom. The van der Waals surface area contributed by atoms with Gasteiger partial charge in [-0.05, 0) is 45.0 Å². The van der Waals surface area contributed by atoms with Gasteiger partial charge in [0.05, 0.1) is 0 Å². The molecule has 0 fully saturated rings. The molecule has 1 heterocycles. The summed E-state index contributed by atoms with van der Waals surface area (Å²) in [6.07, 6.45) is 4.52. The van der Waals surface area contributed by atoms with Gasteiger partial charge in [0.2, 0.25) is 5.91 Å². The zero-order valence-electron chi connectivity index (χ0n) is 13.9. The van der Waals surface area contributed by atoms with E-state index in [4.69, 9.17) is 0 Å². The van der Waals surface area contributed by atoms with Crippen molar-refractivity contribution in [3.63, 3.8) is 0 Å². The second-order valence-electron chi connectivity index (χ2n) is 5.45. The van der Waals surface area contributed by atoms with E-state index < -0.39 is 0 Å². The summed E-state index contributed by atoms with van der Waals surface area (Å²) in [5.41, 5.74) is 0. The summed E-state index contributed by atoms with van der Waals surface area (Å²) >= 11 is 0. The molecule has 21 heavy (non-hydrogen) atoms. The minimum Gasteiger partial charge on any atom is -0.301 e. The van der Waals surface area contributed by atoms with E-state index in [1.54, 1.807) is 6.20 Å². The van der Waals surface area contributed by atoms with Crippen molar-refractivity contribution in [1.82, 2.24) is 9.88 Å². The Balaban J connectivity index is 2.85. The maximum Gasteiger partial charge on any atom is 0.228 e. The molecule has 0 saturated heterocycles. The van der Waals surface area contributed by atoms with Gasteiger partial charge < -0.3 is 4.90 Å². The highest BCUT2D eigenvalue weighted by Crippen LogP contribution is 2.16. The van der Waals surface area contributed by atoms with Crippen LogP contribution in [0.25, 0.3) is 0 Å². The van der Waals surface area contributed by atoms with E-state index in [0.717, 1.165) is 38.3 Å². The molecule has 118 valence electrons. The van der Waals surface area contributed by atoms with Crippen LogP contribution in [0.3, 0.4) is 0 Å². The highest BCUT2D eigenvalue weighted by molar-refractivity contribution is 5.92. The molecule has 0 aliphatic rings. The van der Waals surface area contributed by atoms with Crippen molar-refractivity contribution in [2.24, 2.45) is 0 Å². The lowest BCUT2D eigenvalue weighted by molar-refractivity contribution is -0.118. The SMILES string of the molecule is CCCN(CCC)CC(C)N(C(=O)CC)c1ccccn1. The van der Waals surface area contributed by atoms with E-state index in [2.05, 4.69) is 30.7 Å². The number of anilines is 1. The molecule has 1 atom stereocenters. The lowest BCUT2D eigenvalue weighted by Gasteiger charge is -2.32. The third-order valence-corrected chi connectivity index (χ3v) is 3.51. The first-order valence-electron chi connectivity index (χ1n) is 8.09. The quantitative estimate of drug-likeness (QED) is 0.700. The molecule has 1 amide bonds. The van der Waals surface area contributed by atoms with Gasteiger partial charge in [0.1, 0.15) is 5.82 Å². The summed E-state index contributed by atoms with van der Waals surface area (Å²) in [6, 6.07) is 5.85. The van der Waals surface area contributed by atoms with E-state index in [0.29, 0.717) is 6.42 Å². The fourth-order valence-corrected chi connectivity index (χ4v) is 2.65. The van der Waals surface area contributed by atoms with E-state index in [9.17, 15) is 4.79 Å². The highest BCUT2D eigenvalue weighted by Gasteiger charge is 2.23. The number of carbonyl (C=O) groups is 1. The minimum atomic E-state index is 0.130. The van der Waals surface area contributed by atoms with Gasteiger partial charge in [-0.25, -0.2) is 4.98 Å². The van der Waals surface area contributed by atoms with Crippen molar-refractivity contribution in [1.29, 1.82) is 0 Å². The predicted octanol–water partition coefficient (Wildman–Crippen LogP) is 3.34. The molecule has 1 aromatic rings. The molecule has 0 aliphatic heterocycles. The Bertz CT molecular complexity index is 402. The van der Waals surface area contributed by atoms with Crippen LogP contribution in [0.15, 0.2) is 24.4 Å². The molecular weight excluding hydrogens is 262 g/mol. The lowest BCUT2D eigenvalue weighted by atomic mass is 10.2. The van der Waals surface area contributed by atoms with Crippen molar-refractivity contribution >= 4 is 11.7 Å². The molecule has 0 bridgehead atoms. The Morgan fingerprint density at radius 1 is 1.19 bits per heavy atom. The second-order valence-corrected chi connectivity index (χ2v) is 5.45. The molecule has 0 N–H and O–H groups in total. The van der Waals surface area contributed by atoms with Crippen LogP contribution < -0.4 is 4.90 Å². The van der Waals surface area contributed by atoms with Gasteiger partial charge in [0.15, 0.2) is 0 Å². The smallest absolute Gasteiger partial charge is 0.228 e. The Morgan fingerprint density at radius 2 is 1.86 bits per heavy atom. The zero-order chi connectivity index (χ0) is 15.7. The summed E-state index contributed by atoms with van der Waals surface area (Å²) in [4.78, 5) is 21.0. The largest absolute Gasteiger partial charge is 0.301 e. The lowest BCUT2D eigenvalue weighted by Crippen LogP contribution is -2.46. The fourth-order valence-electron chi connectivity index (χ4n) is 2.65. The number of pyridine rings is 1. The molecule has 0 aromatic carbocycles. The topological polar surface area (TPSA) is 36.4 Å². The normalized spacial score (nSPS) is 12.4. The molecule has 0 radical (unpaired) electrons. The molecule has 0 saturated carbocycles. The first-order valence-corrected chi connectivity index (χ1v) is 8.09. The van der Waals surface area contributed by atoms with Crippen molar-refractivity contribution in [3.8, 4) is 0 Å². The number of amides is 1. The van der Waals surface area contributed by atoms with Crippen LogP contribution in [-0.4, -0.2) is 41.5 Å². The standard InChI is InChI=1S/C17H29N3O/c1-5-12-19(13-6-2)14-15(4)20(17(21)7-3)16-10-8-9-11-18-16/h8-11,15H,5-7,12-14H2,1-4H3. The number of rotatable bonds is 9. The summed E-state index contributed by atoms with van der Waals surface area (Å²) < 4.78 is 0. The number of nitrogens with zero attached hydrogens (tertiary/aromatic N) is 3. The molecule has 1 rings (SSSR count). The van der Waals surface area contributed by atoms with Crippen molar-refractivity contribution in [2.45, 2.75) is 53.0 Å². The van der Waals surface area contributed by atoms with Crippen LogP contribution in [0.4, 0.5) is 5.82 Å². The Labute approximate surface area is 129 Å². The Kier molecular flexibility index (Phi) is 7.98. The van der Waals surface area contributed by atoms with E-state index in [1.165, 1.54) is 0 Å². The fraction of sp³-hybridized carbons (Fsp3) is 0.647. The molecule has 0 spiro atoms. The molecule has 1 aromatic heterocycles. The van der Waals surface area contributed by atoms with E-state index >= 15 is 0 Å². The maximum absolute atomic E-state index is 12.3. The number of hydrogen-bond acceptors (Lipinski definition) is 3.